The van der Waals surface area contributed by atoms with Gasteiger partial charge in [0, 0.05) is 18.7 Å². The van der Waals surface area contributed by atoms with E-state index in [0.717, 1.165) is 17.7 Å². The molecule has 2 amide bonds. The van der Waals surface area contributed by atoms with Crippen LogP contribution in [0.3, 0.4) is 0 Å². The summed E-state index contributed by atoms with van der Waals surface area (Å²) in [5.74, 6) is -0.330. The second-order valence-electron chi connectivity index (χ2n) is 5.25. The number of thioether (sulfide) groups is 1. The Bertz CT molecular complexity index is 755. The fraction of sp³-hybridized carbons (Fsp3) is 0.235. The van der Waals surface area contributed by atoms with E-state index < -0.39 is 0 Å². The van der Waals surface area contributed by atoms with Gasteiger partial charge < -0.3 is 4.90 Å². The molecular weight excluding hydrogens is 328 g/mol. The van der Waals surface area contributed by atoms with Crippen LogP contribution >= 0.6 is 24.0 Å². The maximum Gasteiger partial charge on any atom is 0.267 e. The number of carbonyl (C=O) groups is 2. The Morgan fingerprint density at radius 1 is 1.22 bits per heavy atom. The molecule has 2 heterocycles. The van der Waals surface area contributed by atoms with Crippen molar-refractivity contribution in [2.45, 2.75) is 13.3 Å². The maximum absolute atomic E-state index is 12.8. The van der Waals surface area contributed by atoms with E-state index in [1.54, 1.807) is 15.9 Å². The lowest BCUT2D eigenvalue weighted by Gasteiger charge is -2.14. The first-order valence-electron chi connectivity index (χ1n) is 7.40. The van der Waals surface area contributed by atoms with Crippen LogP contribution in [0.5, 0.6) is 0 Å². The molecule has 0 spiro atoms. The van der Waals surface area contributed by atoms with Crippen molar-refractivity contribution in [1.82, 2.24) is 4.90 Å². The number of fused-ring (bicyclic) bond motifs is 1. The smallest absolute Gasteiger partial charge is 0.267 e. The molecule has 0 saturated carbocycles. The van der Waals surface area contributed by atoms with E-state index in [1.807, 2.05) is 31.2 Å². The molecule has 1 fully saturated rings. The summed E-state index contributed by atoms with van der Waals surface area (Å²) in [7, 11) is 0. The summed E-state index contributed by atoms with van der Waals surface area (Å²) in [5.41, 5.74) is 2.06. The monoisotopic (exact) mass is 344 g/mol. The van der Waals surface area contributed by atoms with Gasteiger partial charge in [-0.15, -0.1) is 6.58 Å². The van der Waals surface area contributed by atoms with Crippen LogP contribution in [0, 0.1) is 0 Å². The van der Waals surface area contributed by atoms with Crippen LogP contribution in [0.2, 0.25) is 0 Å². The summed E-state index contributed by atoms with van der Waals surface area (Å²) in [5, 5.41) is 0. The van der Waals surface area contributed by atoms with E-state index in [9.17, 15) is 9.59 Å². The average molecular weight is 344 g/mol. The highest BCUT2D eigenvalue weighted by molar-refractivity contribution is 8.26. The Hall–Kier alpha value is -1.92. The van der Waals surface area contributed by atoms with Gasteiger partial charge >= 0.3 is 0 Å². The summed E-state index contributed by atoms with van der Waals surface area (Å²) >= 11 is 6.53. The first-order chi connectivity index (χ1) is 11.1. The third-order valence-corrected chi connectivity index (χ3v) is 5.21. The molecule has 2 aliphatic heterocycles. The number of amides is 2. The van der Waals surface area contributed by atoms with Crippen LogP contribution in [-0.2, 0) is 9.59 Å². The fourth-order valence-corrected chi connectivity index (χ4v) is 4.16. The summed E-state index contributed by atoms with van der Waals surface area (Å²) in [6, 6.07) is 7.51. The van der Waals surface area contributed by atoms with Gasteiger partial charge in [0.25, 0.3) is 11.8 Å². The Balaban J connectivity index is 2.13. The highest BCUT2D eigenvalue weighted by Gasteiger charge is 2.41. The minimum absolute atomic E-state index is 0.164. The molecule has 118 valence electrons. The van der Waals surface area contributed by atoms with Crippen LogP contribution in [-0.4, -0.2) is 34.1 Å². The predicted molar refractivity (Wildman–Crippen MR) is 98.1 cm³/mol. The van der Waals surface area contributed by atoms with Gasteiger partial charge in [-0.25, -0.2) is 0 Å². The highest BCUT2D eigenvalue weighted by atomic mass is 32.2. The number of hydrogen-bond acceptors (Lipinski definition) is 4. The summed E-state index contributed by atoms with van der Waals surface area (Å²) < 4.78 is 0.520. The van der Waals surface area contributed by atoms with Gasteiger partial charge in [-0.05, 0) is 12.5 Å². The summed E-state index contributed by atoms with van der Waals surface area (Å²) in [6.45, 7) is 6.69. The molecule has 0 aromatic heterocycles. The van der Waals surface area contributed by atoms with E-state index >= 15 is 0 Å². The fourth-order valence-electron chi connectivity index (χ4n) is 2.78. The van der Waals surface area contributed by atoms with Crippen LogP contribution in [0.15, 0.2) is 41.8 Å². The van der Waals surface area contributed by atoms with Crippen LogP contribution in [0.25, 0.3) is 5.57 Å². The lowest BCUT2D eigenvalue weighted by Crippen LogP contribution is -2.30. The van der Waals surface area contributed by atoms with Gasteiger partial charge in [-0.3, -0.25) is 14.5 Å². The Kier molecular flexibility index (Phi) is 4.37. The van der Waals surface area contributed by atoms with Crippen molar-refractivity contribution < 1.29 is 9.59 Å². The first-order valence-corrected chi connectivity index (χ1v) is 8.62. The normalized spacial score (nSPS) is 20.5. The van der Waals surface area contributed by atoms with Gasteiger partial charge in [0.2, 0.25) is 0 Å². The molecule has 4 nitrogen and oxygen atoms in total. The van der Waals surface area contributed by atoms with Crippen molar-refractivity contribution in [2.24, 2.45) is 0 Å². The molecule has 1 saturated heterocycles. The molecule has 1 aromatic carbocycles. The van der Waals surface area contributed by atoms with Crippen molar-refractivity contribution in [3.8, 4) is 0 Å². The number of anilines is 1. The largest absolute Gasteiger partial charge is 0.304 e. The standard InChI is InChI=1S/C17H16N2O2S2/c1-3-9-18-12-8-6-5-7-11(12)13(15(18)20)14-16(21)19(10-4-2)17(22)23-14/h3,5-8H,1,4,9-10H2,2H3/b14-13+. The van der Waals surface area contributed by atoms with Crippen LogP contribution in [0.1, 0.15) is 18.9 Å². The van der Waals surface area contributed by atoms with E-state index in [2.05, 4.69) is 6.58 Å². The number of carbonyl (C=O) groups excluding carboxylic acids is 2. The van der Waals surface area contributed by atoms with Crippen molar-refractivity contribution >= 4 is 51.4 Å². The van der Waals surface area contributed by atoms with Gasteiger partial charge in [-0.1, -0.05) is 55.2 Å². The van der Waals surface area contributed by atoms with Crippen molar-refractivity contribution in [2.75, 3.05) is 18.0 Å². The summed E-state index contributed by atoms with van der Waals surface area (Å²) in [6.07, 6.45) is 2.50. The molecule has 0 unspecified atom stereocenters. The lowest BCUT2D eigenvalue weighted by molar-refractivity contribution is -0.122. The molecule has 2 aliphatic rings. The molecule has 0 N–H and O–H groups in total. The number of benzene rings is 1. The molecule has 0 aliphatic carbocycles. The van der Waals surface area contributed by atoms with E-state index in [1.165, 1.54) is 11.8 Å². The predicted octanol–water partition coefficient (Wildman–Crippen LogP) is 3.20. The van der Waals surface area contributed by atoms with E-state index in [4.69, 9.17) is 12.2 Å². The quantitative estimate of drug-likeness (QED) is 0.478. The van der Waals surface area contributed by atoms with Gasteiger partial charge in [0.05, 0.1) is 16.2 Å². The molecular formula is C17H16N2O2S2. The topological polar surface area (TPSA) is 40.6 Å². The van der Waals surface area contributed by atoms with E-state index in [0.29, 0.717) is 27.9 Å². The number of nitrogens with zero attached hydrogens (tertiary/aromatic N) is 2. The van der Waals surface area contributed by atoms with Crippen LogP contribution < -0.4 is 4.90 Å². The molecule has 1 aromatic rings. The van der Waals surface area contributed by atoms with Crippen molar-refractivity contribution in [3.05, 3.63) is 47.4 Å². The molecule has 0 radical (unpaired) electrons. The summed E-state index contributed by atoms with van der Waals surface area (Å²) in [4.78, 5) is 29.2. The Morgan fingerprint density at radius 3 is 2.65 bits per heavy atom. The average Bonchev–Trinajstić information content (AvgIpc) is 2.97. The Morgan fingerprint density at radius 2 is 1.96 bits per heavy atom. The van der Waals surface area contributed by atoms with Gasteiger partial charge in [0.1, 0.15) is 4.32 Å². The molecule has 6 heteroatoms. The number of hydrogen-bond donors (Lipinski definition) is 0. The zero-order valence-corrected chi connectivity index (χ0v) is 14.4. The number of para-hydroxylation sites is 1. The lowest BCUT2D eigenvalue weighted by atomic mass is 10.1. The van der Waals surface area contributed by atoms with Gasteiger partial charge in [-0.2, -0.15) is 0 Å². The van der Waals surface area contributed by atoms with Crippen LogP contribution in [0.4, 0.5) is 5.69 Å². The number of rotatable bonds is 4. The SMILES string of the molecule is C=CCN1C(=O)/C(=C2/SC(=S)N(CCC)C2=O)c2ccccc21. The second-order valence-corrected chi connectivity index (χ2v) is 6.89. The Labute approximate surface area is 144 Å². The van der Waals surface area contributed by atoms with E-state index in [-0.39, 0.29) is 11.8 Å². The molecule has 0 atom stereocenters. The minimum atomic E-state index is -0.166. The van der Waals surface area contributed by atoms with Crippen molar-refractivity contribution in [3.63, 3.8) is 0 Å². The molecule has 0 bridgehead atoms. The minimum Gasteiger partial charge on any atom is -0.304 e. The maximum atomic E-state index is 12.8. The zero-order chi connectivity index (χ0) is 16.6. The highest BCUT2D eigenvalue weighted by Crippen LogP contribution is 2.44. The molecule has 23 heavy (non-hydrogen) atoms. The zero-order valence-electron chi connectivity index (χ0n) is 12.7. The van der Waals surface area contributed by atoms with Gasteiger partial charge in [0.15, 0.2) is 0 Å². The third kappa shape index (κ3) is 2.52. The number of thiocarbonyl (C=S) groups is 1. The van der Waals surface area contributed by atoms with Crippen molar-refractivity contribution in [1.29, 1.82) is 0 Å². The second kappa shape index (κ2) is 6.29. The molecule has 3 rings (SSSR count). The third-order valence-electron chi connectivity index (χ3n) is 3.76. The first kappa shape index (κ1) is 16.0.